The Morgan fingerprint density at radius 2 is 1.48 bits per heavy atom. The van der Waals surface area contributed by atoms with Gasteiger partial charge in [0.1, 0.15) is 5.75 Å². The second-order valence-electron chi connectivity index (χ2n) is 6.12. The molecular weight excluding hydrogens is 394 g/mol. The van der Waals surface area contributed by atoms with Crippen LogP contribution >= 0.6 is 11.6 Å². The standard InChI is InChI=1S/C21H24ClN3O4/c1-2-29-18-9-7-17(8-10-18)25-20(27)12-13-23-19(26)11-14-24-21(28)15-3-5-16(22)6-4-15/h3-10H,2,11-14H2,1H3,(H,23,26)(H,24,28)(H,25,27). The van der Waals surface area contributed by atoms with Crippen LogP contribution < -0.4 is 20.7 Å². The number of nitrogens with one attached hydrogen (secondary N) is 3. The lowest BCUT2D eigenvalue weighted by Crippen LogP contribution is -2.32. The number of carbonyl (C=O) groups is 3. The Hall–Kier alpha value is -3.06. The molecular formula is C21H24ClN3O4. The van der Waals surface area contributed by atoms with Crippen molar-refractivity contribution >= 4 is 35.0 Å². The summed E-state index contributed by atoms with van der Waals surface area (Å²) in [5.74, 6) is 0.0193. The van der Waals surface area contributed by atoms with Crippen molar-refractivity contribution in [3.8, 4) is 5.75 Å². The highest BCUT2D eigenvalue weighted by atomic mass is 35.5. The summed E-state index contributed by atoms with van der Waals surface area (Å²) in [6.45, 7) is 2.90. The Kier molecular flexibility index (Phi) is 8.98. The van der Waals surface area contributed by atoms with Crippen LogP contribution in [0.3, 0.4) is 0 Å². The van der Waals surface area contributed by atoms with Gasteiger partial charge >= 0.3 is 0 Å². The molecule has 2 rings (SSSR count). The van der Waals surface area contributed by atoms with E-state index in [1.54, 1.807) is 48.5 Å². The lowest BCUT2D eigenvalue weighted by molar-refractivity contribution is -0.121. The van der Waals surface area contributed by atoms with Crippen LogP contribution in [0.5, 0.6) is 5.75 Å². The number of hydrogen-bond donors (Lipinski definition) is 3. The van der Waals surface area contributed by atoms with Crippen LogP contribution in [-0.2, 0) is 9.59 Å². The zero-order chi connectivity index (χ0) is 21.1. The minimum absolute atomic E-state index is 0.125. The monoisotopic (exact) mass is 417 g/mol. The first kappa shape index (κ1) is 22.2. The number of benzene rings is 2. The fourth-order valence-electron chi connectivity index (χ4n) is 2.42. The maximum atomic E-state index is 11.9. The molecule has 2 aromatic rings. The molecule has 0 aliphatic carbocycles. The fourth-order valence-corrected chi connectivity index (χ4v) is 2.55. The van der Waals surface area contributed by atoms with Crippen molar-refractivity contribution in [2.45, 2.75) is 19.8 Å². The zero-order valence-corrected chi connectivity index (χ0v) is 16.9. The molecule has 0 radical (unpaired) electrons. The topological polar surface area (TPSA) is 96.5 Å². The number of halogens is 1. The Morgan fingerprint density at radius 3 is 2.14 bits per heavy atom. The molecule has 3 N–H and O–H groups in total. The van der Waals surface area contributed by atoms with E-state index in [0.717, 1.165) is 5.75 Å². The quantitative estimate of drug-likeness (QED) is 0.553. The molecule has 0 unspecified atom stereocenters. The molecule has 0 heterocycles. The predicted molar refractivity (Wildman–Crippen MR) is 112 cm³/mol. The van der Waals surface area contributed by atoms with Gasteiger partial charge in [0.15, 0.2) is 0 Å². The fraction of sp³-hybridized carbons (Fsp3) is 0.286. The van der Waals surface area contributed by atoms with Gasteiger partial charge in [0.2, 0.25) is 11.8 Å². The number of carbonyl (C=O) groups excluding carboxylic acids is 3. The van der Waals surface area contributed by atoms with Crippen molar-refractivity contribution < 1.29 is 19.1 Å². The van der Waals surface area contributed by atoms with Crippen LogP contribution in [0, 0.1) is 0 Å². The normalized spacial score (nSPS) is 10.1. The highest BCUT2D eigenvalue weighted by molar-refractivity contribution is 6.30. The molecule has 0 aliphatic heterocycles. The first-order valence-corrected chi connectivity index (χ1v) is 9.69. The van der Waals surface area contributed by atoms with Crippen molar-refractivity contribution in [1.82, 2.24) is 10.6 Å². The van der Waals surface area contributed by atoms with Gasteiger partial charge < -0.3 is 20.7 Å². The van der Waals surface area contributed by atoms with Crippen LogP contribution in [0.4, 0.5) is 5.69 Å². The highest BCUT2D eigenvalue weighted by Crippen LogP contribution is 2.15. The zero-order valence-electron chi connectivity index (χ0n) is 16.2. The second-order valence-corrected chi connectivity index (χ2v) is 6.55. The molecule has 2 aromatic carbocycles. The summed E-state index contributed by atoms with van der Waals surface area (Å²) < 4.78 is 5.34. The van der Waals surface area contributed by atoms with Gasteiger partial charge in [0.25, 0.3) is 5.91 Å². The summed E-state index contributed by atoms with van der Waals surface area (Å²) in [7, 11) is 0. The molecule has 0 aromatic heterocycles. The number of hydrogen-bond acceptors (Lipinski definition) is 4. The van der Waals surface area contributed by atoms with E-state index in [1.165, 1.54) is 0 Å². The Balaban J connectivity index is 1.60. The Bertz CT molecular complexity index is 823. The summed E-state index contributed by atoms with van der Waals surface area (Å²) in [5.41, 5.74) is 1.13. The van der Waals surface area contributed by atoms with E-state index in [0.29, 0.717) is 22.9 Å². The maximum Gasteiger partial charge on any atom is 0.251 e. The van der Waals surface area contributed by atoms with Crippen molar-refractivity contribution in [2.24, 2.45) is 0 Å². The summed E-state index contributed by atoms with van der Waals surface area (Å²) in [5, 5.41) is 8.62. The highest BCUT2D eigenvalue weighted by Gasteiger charge is 2.08. The molecule has 7 nitrogen and oxygen atoms in total. The largest absolute Gasteiger partial charge is 0.494 e. The summed E-state index contributed by atoms with van der Waals surface area (Å²) in [6, 6.07) is 13.5. The third kappa shape index (κ3) is 8.23. The van der Waals surface area contributed by atoms with Gasteiger partial charge in [-0.1, -0.05) is 11.6 Å². The van der Waals surface area contributed by atoms with Crippen LogP contribution in [0.15, 0.2) is 48.5 Å². The summed E-state index contributed by atoms with van der Waals surface area (Å²) in [6.07, 6.45) is 0.274. The minimum atomic E-state index is -0.274. The average Bonchev–Trinajstić information content (AvgIpc) is 2.70. The van der Waals surface area contributed by atoms with E-state index in [-0.39, 0.29) is 43.7 Å². The SMILES string of the molecule is CCOc1ccc(NC(=O)CCNC(=O)CCNC(=O)c2ccc(Cl)cc2)cc1. The van der Waals surface area contributed by atoms with Gasteiger partial charge in [0.05, 0.1) is 6.61 Å². The van der Waals surface area contributed by atoms with E-state index < -0.39 is 0 Å². The van der Waals surface area contributed by atoms with E-state index in [1.807, 2.05) is 6.92 Å². The Morgan fingerprint density at radius 1 is 0.862 bits per heavy atom. The number of anilines is 1. The molecule has 0 bridgehead atoms. The molecule has 8 heteroatoms. The van der Waals surface area contributed by atoms with Crippen LogP contribution in [-0.4, -0.2) is 37.4 Å². The third-order valence-corrected chi connectivity index (χ3v) is 4.12. The predicted octanol–water partition coefficient (Wildman–Crippen LogP) is 3.00. The Labute approximate surface area is 174 Å². The summed E-state index contributed by atoms with van der Waals surface area (Å²) >= 11 is 5.78. The number of ether oxygens (including phenoxy) is 1. The first-order valence-electron chi connectivity index (χ1n) is 9.31. The summed E-state index contributed by atoms with van der Waals surface area (Å²) in [4.78, 5) is 35.7. The van der Waals surface area contributed by atoms with Crippen molar-refractivity contribution in [3.05, 3.63) is 59.1 Å². The minimum Gasteiger partial charge on any atom is -0.494 e. The maximum absolute atomic E-state index is 11.9. The molecule has 0 aliphatic rings. The lowest BCUT2D eigenvalue weighted by Gasteiger charge is -2.08. The van der Waals surface area contributed by atoms with E-state index in [4.69, 9.17) is 16.3 Å². The van der Waals surface area contributed by atoms with Crippen LogP contribution in [0.25, 0.3) is 0 Å². The van der Waals surface area contributed by atoms with E-state index >= 15 is 0 Å². The molecule has 154 valence electrons. The smallest absolute Gasteiger partial charge is 0.251 e. The molecule has 0 saturated heterocycles. The van der Waals surface area contributed by atoms with Crippen molar-refractivity contribution in [2.75, 3.05) is 25.0 Å². The average molecular weight is 418 g/mol. The molecule has 0 spiro atoms. The number of amides is 3. The van der Waals surface area contributed by atoms with Gasteiger partial charge in [-0.15, -0.1) is 0 Å². The van der Waals surface area contributed by atoms with Gasteiger partial charge in [-0.2, -0.15) is 0 Å². The van der Waals surface area contributed by atoms with Gasteiger partial charge in [0, 0.05) is 42.2 Å². The molecule has 29 heavy (non-hydrogen) atoms. The van der Waals surface area contributed by atoms with Crippen molar-refractivity contribution in [3.63, 3.8) is 0 Å². The number of rotatable bonds is 10. The molecule has 0 fully saturated rings. The first-order chi connectivity index (χ1) is 14.0. The molecule has 0 saturated carbocycles. The second kappa shape index (κ2) is 11.7. The van der Waals surface area contributed by atoms with E-state index in [2.05, 4.69) is 16.0 Å². The van der Waals surface area contributed by atoms with Gasteiger partial charge in [-0.25, -0.2) is 0 Å². The van der Waals surface area contributed by atoms with Crippen LogP contribution in [0.2, 0.25) is 5.02 Å². The van der Waals surface area contributed by atoms with Crippen molar-refractivity contribution in [1.29, 1.82) is 0 Å². The lowest BCUT2D eigenvalue weighted by atomic mass is 10.2. The molecule has 3 amide bonds. The molecule has 0 atom stereocenters. The van der Waals surface area contributed by atoms with Crippen LogP contribution in [0.1, 0.15) is 30.1 Å². The van der Waals surface area contributed by atoms with Gasteiger partial charge in [-0.05, 0) is 55.5 Å². The van der Waals surface area contributed by atoms with Gasteiger partial charge in [-0.3, -0.25) is 14.4 Å². The third-order valence-electron chi connectivity index (χ3n) is 3.87. The van der Waals surface area contributed by atoms with E-state index in [9.17, 15) is 14.4 Å².